The molecule has 0 spiro atoms. The molecule has 0 aromatic carbocycles. The summed E-state index contributed by atoms with van der Waals surface area (Å²) in [7, 11) is 0. The van der Waals surface area contributed by atoms with Gasteiger partial charge in [-0.1, -0.05) is 27.2 Å². The topological polar surface area (TPSA) is 55.1 Å². The molecule has 0 aliphatic rings. The van der Waals surface area contributed by atoms with E-state index >= 15 is 0 Å². The molecular formula is C13H22N2OS. The van der Waals surface area contributed by atoms with Gasteiger partial charge in [-0.05, 0) is 24.5 Å². The van der Waals surface area contributed by atoms with Gasteiger partial charge in [-0.15, -0.1) is 11.3 Å². The molecule has 0 fully saturated rings. The van der Waals surface area contributed by atoms with Gasteiger partial charge in [-0.2, -0.15) is 0 Å². The average Bonchev–Trinajstić information content (AvgIpc) is 2.81. The van der Waals surface area contributed by atoms with Crippen molar-refractivity contribution < 1.29 is 4.79 Å². The highest BCUT2D eigenvalue weighted by Crippen LogP contribution is 2.16. The number of carbonyl (C=O) groups excluding carboxylic acids is 1. The number of nitrogens with one attached hydrogen (secondary N) is 1. The summed E-state index contributed by atoms with van der Waals surface area (Å²) in [4.78, 5) is 14.3. The van der Waals surface area contributed by atoms with Crippen LogP contribution in [0.1, 0.15) is 36.9 Å². The monoisotopic (exact) mass is 254 g/mol. The maximum absolute atomic E-state index is 11.8. The van der Waals surface area contributed by atoms with Crippen LogP contribution < -0.4 is 11.1 Å². The van der Waals surface area contributed by atoms with E-state index < -0.39 is 6.04 Å². The molecule has 3 N–H and O–H groups in total. The summed E-state index contributed by atoms with van der Waals surface area (Å²) in [5.74, 6) is 0.176. The van der Waals surface area contributed by atoms with Crippen molar-refractivity contribution in [1.29, 1.82) is 0 Å². The second kappa shape index (κ2) is 6.77. The summed E-state index contributed by atoms with van der Waals surface area (Å²) < 4.78 is 0. The van der Waals surface area contributed by atoms with Gasteiger partial charge in [0, 0.05) is 9.75 Å². The Labute approximate surface area is 107 Å². The minimum absolute atomic E-state index is 0.0502. The zero-order chi connectivity index (χ0) is 12.8. The fourth-order valence-corrected chi connectivity index (χ4v) is 2.41. The first kappa shape index (κ1) is 14.2. The van der Waals surface area contributed by atoms with Crippen molar-refractivity contribution in [3.8, 4) is 0 Å². The molecule has 1 heterocycles. The highest BCUT2D eigenvalue weighted by atomic mass is 32.1. The predicted molar refractivity (Wildman–Crippen MR) is 73.0 cm³/mol. The Morgan fingerprint density at radius 3 is 2.59 bits per heavy atom. The van der Waals surface area contributed by atoms with Gasteiger partial charge < -0.3 is 11.1 Å². The Kier molecular flexibility index (Phi) is 5.65. The second-order valence-corrected chi connectivity index (χ2v) is 5.60. The van der Waals surface area contributed by atoms with Gasteiger partial charge in [0.1, 0.15) is 0 Å². The normalized spacial score (nSPS) is 14.4. The van der Waals surface area contributed by atoms with Gasteiger partial charge >= 0.3 is 0 Å². The van der Waals surface area contributed by atoms with Crippen LogP contribution in [0.4, 0.5) is 0 Å². The molecule has 1 amide bonds. The van der Waals surface area contributed by atoms with Crippen LogP contribution in [0.3, 0.4) is 0 Å². The maximum atomic E-state index is 11.8. The van der Waals surface area contributed by atoms with Gasteiger partial charge in [0.05, 0.1) is 12.6 Å². The minimum atomic E-state index is -0.398. The lowest BCUT2D eigenvalue weighted by atomic mass is 9.99. The van der Waals surface area contributed by atoms with Gasteiger partial charge in [0.25, 0.3) is 0 Å². The van der Waals surface area contributed by atoms with E-state index in [0.29, 0.717) is 6.54 Å². The Morgan fingerprint density at radius 2 is 2.06 bits per heavy atom. The first-order chi connectivity index (χ1) is 8.08. The molecule has 96 valence electrons. The van der Waals surface area contributed by atoms with E-state index in [1.165, 1.54) is 9.75 Å². The van der Waals surface area contributed by atoms with Crippen LogP contribution in [0.2, 0.25) is 0 Å². The van der Waals surface area contributed by atoms with Crippen LogP contribution in [0.25, 0.3) is 0 Å². The van der Waals surface area contributed by atoms with Crippen molar-refractivity contribution in [2.75, 3.05) is 0 Å². The molecule has 0 saturated heterocycles. The van der Waals surface area contributed by atoms with Crippen LogP contribution in [-0.2, 0) is 17.8 Å². The van der Waals surface area contributed by atoms with Crippen molar-refractivity contribution in [3.63, 3.8) is 0 Å². The Hall–Kier alpha value is -0.870. The van der Waals surface area contributed by atoms with E-state index in [0.717, 1.165) is 12.8 Å². The summed E-state index contributed by atoms with van der Waals surface area (Å²) in [6.07, 6.45) is 1.97. The van der Waals surface area contributed by atoms with Gasteiger partial charge in [0.15, 0.2) is 0 Å². The Balaban J connectivity index is 2.42. The smallest absolute Gasteiger partial charge is 0.237 e. The number of amides is 1. The minimum Gasteiger partial charge on any atom is -0.350 e. The first-order valence-corrected chi connectivity index (χ1v) is 7.01. The van der Waals surface area contributed by atoms with Crippen LogP contribution in [0, 0.1) is 5.92 Å². The lowest BCUT2D eigenvalue weighted by molar-refractivity contribution is -0.123. The van der Waals surface area contributed by atoms with E-state index in [9.17, 15) is 4.79 Å². The van der Waals surface area contributed by atoms with Gasteiger partial charge in [-0.3, -0.25) is 4.79 Å². The molecule has 0 aliphatic heterocycles. The fourth-order valence-electron chi connectivity index (χ4n) is 1.51. The molecule has 2 atom stereocenters. The van der Waals surface area contributed by atoms with Crippen molar-refractivity contribution in [2.24, 2.45) is 11.7 Å². The van der Waals surface area contributed by atoms with Crippen molar-refractivity contribution >= 4 is 17.2 Å². The summed E-state index contributed by atoms with van der Waals surface area (Å²) in [6, 6.07) is 3.78. The second-order valence-electron chi connectivity index (χ2n) is 4.35. The fraction of sp³-hybridized carbons (Fsp3) is 0.615. The predicted octanol–water partition coefficient (Wildman–Crippen LogP) is 2.30. The zero-order valence-electron chi connectivity index (χ0n) is 10.8. The van der Waals surface area contributed by atoms with Crippen LogP contribution in [0.15, 0.2) is 12.1 Å². The van der Waals surface area contributed by atoms with E-state index in [2.05, 4.69) is 24.4 Å². The number of aryl methyl sites for hydroxylation is 1. The van der Waals surface area contributed by atoms with E-state index in [4.69, 9.17) is 5.73 Å². The zero-order valence-corrected chi connectivity index (χ0v) is 11.6. The lowest BCUT2D eigenvalue weighted by Crippen LogP contribution is -2.44. The molecule has 3 nitrogen and oxygen atoms in total. The third kappa shape index (κ3) is 4.13. The SMILES string of the molecule is CCc1ccc(CNC(=O)[C@@H](N)[C@@H](C)CC)s1. The van der Waals surface area contributed by atoms with Crippen LogP contribution in [-0.4, -0.2) is 11.9 Å². The summed E-state index contributed by atoms with van der Waals surface area (Å²) in [6.45, 7) is 6.77. The van der Waals surface area contributed by atoms with E-state index in [1.807, 2.05) is 13.8 Å². The number of thiophene rings is 1. The third-order valence-electron chi connectivity index (χ3n) is 3.06. The average molecular weight is 254 g/mol. The number of nitrogens with two attached hydrogens (primary N) is 1. The Morgan fingerprint density at radius 1 is 1.41 bits per heavy atom. The van der Waals surface area contributed by atoms with Gasteiger partial charge in [0.2, 0.25) is 5.91 Å². The number of rotatable bonds is 6. The molecule has 0 aliphatic carbocycles. The molecule has 0 bridgehead atoms. The molecule has 0 radical (unpaired) electrons. The van der Waals surface area contributed by atoms with Crippen LogP contribution >= 0.6 is 11.3 Å². The van der Waals surface area contributed by atoms with Crippen molar-refractivity contribution in [2.45, 2.75) is 46.2 Å². The quantitative estimate of drug-likeness (QED) is 0.818. The van der Waals surface area contributed by atoms with Crippen molar-refractivity contribution in [3.05, 3.63) is 21.9 Å². The molecule has 0 unspecified atom stereocenters. The molecule has 1 aromatic rings. The van der Waals surface area contributed by atoms with Gasteiger partial charge in [-0.25, -0.2) is 0 Å². The summed E-state index contributed by atoms with van der Waals surface area (Å²) in [5.41, 5.74) is 5.86. The van der Waals surface area contributed by atoms with Crippen molar-refractivity contribution in [1.82, 2.24) is 5.32 Å². The molecule has 0 saturated carbocycles. The molecule has 1 aromatic heterocycles. The molecule has 1 rings (SSSR count). The number of carbonyl (C=O) groups is 1. The van der Waals surface area contributed by atoms with E-state index in [-0.39, 0.29) is 11.8 Å². The third-order valence-corrected chi connectivity index (χ3v) is 4.29. The lowest BCUT2D eigenvalue weighted by Gasteiger charge is -2.17. The van der Waals surface area contributed by atoms with Crippen LogP contribution in [0.5, 0.6) is 0 Å². The Bertz CT molecular complexity index is 362. The maximum Gasteiger partial charge on any atom is 0.237 e. The summed E-state index contributed by atoms with van der Waals surface area (Å²) >= 11 is 1.75. The molecule has 17 heavy (non-hydrogen) atoms. The first-order valence-electron chi connectivity index (χ1n) is 6.19. The molecule has 4 heteroatoms. The standard InChI is InChI=1S/C13H22N2OS/c1-4-9(3)12(14)13(16)15-8-11-7-6-10(5-2)17-11/h6-7,9,12H,4-5,8,14H2,1-3H3,(H,15,16)/t9-,12-/m0/s1. The molecular weight excluding hydrogens is 232 g/mol. The number of hydrogen-bond donors (Lipinski definition) is 2. The number of hydrogen-bond acceptors (Lipinski definition) is 3. The highest BCUT2D eigenvalue weighted by molar-refractivity contribution is 7.11. The largest absolute Gasteiger partial charge is 0.350 e. The summed E-state index contributed by atoms with van der Waals surface area (Å²) in [5, 5.41) is 2.90. The highest BCUT2D eigenvalue weighted by Gasteiger charge is 2.18. The van der Waals surface area contributed by atoms with E-state index in [1.54, 1.807) is 11.3 Å².